The van der Waals surface area contributed by atoms with Crippen LogP contribution in [0.1, 0.15) is 6.92 Å². The minimum atomic E-state index is -3.40. The fourth-order valence-corrected chi connectivity index (χ4v) is 2.22. The molecular weight excluding hydrogens is 192 g/mol. The second-order valence-electron chi connectivity index (χ2n) is 2.79. The van der Waals surface area contributed by atoms with Crippen molar-refractivity contribution in [3.8, 4) is 0 Å². The molecule has 0 fully saturated rings. The Bertz CT molecular complexity index is 339. The Kier molecular flexibility index (Phi) is 2.90. The molecule has 0 saturated heterocycles. The molecule has 0 aliphatic heterocycles. The number of hydrogen-bond acceptors (Lipinski definition) is 4. The molecule has 0 heterocycles. The normalized spacial score (nSPS) is 28.7. The quantitative estimate of drug-likeness (QED) is 0.641. The van der Waals surface area contributed by atoms with E-state index in [9.17, 15) is 13.5 Å². The maximum absolute atomic E-state index is 11.3. The average Bonchev–Trinajstić information content (AvgIpc) is 2.09. The topological polar surface area (TPSA) is 74.6 Å². The summed E-state index contributed by atoms with van der Waals surface area (Å²) >= 11 is 0. The molecule has 1 rings (SSSR count). The third-order valence-corrected chi connectivity index (χ3v) is 3.78. The second kappa shape index (κ2) is 3.61. The lowest BCUT2D eigenvalue weighted by Gasteiger charge is -2.20. The van der Waals surface area contributed by atoms with Gasteiger partial charge in [-0.1, -0.05) is 19.1 Å². The van der Waals surface area contributed by atoms with Crippen LogP contribution in [0.2, 0.25) is 0 Å². The predicted octanol–water partition coefficient (Wildman–Crippen LogP) is -0.403. The molecule has 2 atom stereocenters. The molecule has 2 N–H and O–H groups in total. The highest BCUT2D eigenvalue weighted by molar-refractivity contribution is 7.95. The molecule has 0 spiro atoms. The molecule has 13 heavy (non-hydrogen) atoms. The lowest BCUT2D eigenvalue weighted by Crippen LogP contribution is -2.32. The van der Waals surface area contributed by atoms with Crippen LogP contribution in [-0.4, -0.2) is 36.6 Å². The molecule has 5 heteroatoms. The zero-order chi connectivity index (χ0) is 10.1. The van der Waals surface area contributed by atoms with E-state index in [2.05, 4.69) is 0 Å². The zero-order valence-electron chi connectivity index (χ0n) is 7.21. The van der Waals surface area contributed by atoms with Crippen molar-refractivity contribution in [3.63, 3.8) is 0 Å². The maximum atomic E-state index is 11.3. The molecule has 1 aliphatic rings. The van der Waals surface area contributed by atoms with Gasteiger partial charge >= 0.3 is 0 Å². The zero-order valence-corrected chi connectivity index (χ0v) is 8.03. The first-order valence-electron chi connectivity index (χ1n) is 3.96. The van der Waals surface area contributed by atoms with Gasteiger partial charge in [0.2, 0.25) is 0 Å². The highest BCUT2D eigenvalue weighted by Crippen LogP contribution is 2.19. The average molecular weight is 204 g/mol. The Morgan fingerprint density at radius 1 is 1.46 bits per heavy atom. The molecule has 4 nitrogen and oxygen atoms in total. The van der Waals surface area contributed by atoms with Crippen molar-refractivity contribution in [1.82, 2.24) is 0 Å². The van der Waals surface area contributed by atoms with E-state index in [4.69, 9.17) is 5.11 Å². The van der Waals surface area contributed by atoms with Gasteiger partial charge in [-0.15, -0.1) is 0 Å². The molecule has 0 radical (unpaired) electrons. The van der Waals surface area contributed by atoms with E-state index in [-0.39, 0.29) is 10.7 Å². The van der Waals surface area contributed by atoms with Crippen LogP contribution in [0.4, 0.5) is 0 Å². The van der Waals surface area contributed by atoms with Crippen LogP contribution in [-0.2, 0) is 9.84 Å². The van der Waals surface area contributed by atoms with Gasteiger partial charge in [0.25, 0.3) is 0 Å². The van der Waals surface area contributed by atoms with E-state index >= 15 is 0 Å². The van der Waals surface area contributed by atoms with E-state index in [1.807, 2.05) is 0 Å². The Balaban J connectivity index is 3.06. The smallest absolute Gasteiger partial charge is 0.176 e. The molecule has 0 saturated carbocycles. The fraction of sp³-hybridized carbons (Fsp3) is 0.500. The van der Waals surface area contributed by atoms with Crippen LogP contribution < -0.4 is 0 Å². The van der Waals surface area contributed by atoms with Crippen LogP contribution >= 0.6 is 0 Å². The molecular formula is C8H12O4S. The van der Waals surface area contributed by atoms with Crippen molar-refractivity contribution in [2.24, 2.45) is 0 Å². The summed E-state index contributed by atoms with van der Waals surface area (Å²) in [5.41, 5.74) is 0. The van der Waals surface area contributed by atoms with Crippen molar-refractivity contribution in [3.05, 3.63) is 23.1 Å². The highest BCUT2D eigenvalue weighted by atomic mass is 32.2. The molecule has 0 aromatic heterocycles. The largest absolute Gasteiger partial charge is 0.386 e. The first kappa shape index (κ1) is 10.4. The highest BCUT2D eigenvalue weighted by Gasteiger charge is 2.29. The van der Waals surface area contributed by atoms with Crippen LogP contribution in [0.3, 0.4) is 0 Å². The van der Waals surface area contributed by atoms with Gasteiger partial charge in [-0.25, -0.2) is 8.42 Å². The van der Waals surface area contributed by atoms with Crippen LogP contribution in [0.15, 0.2) is 23.1 Å². The van der Waals surface area contributed by atoms with Crippen molar-refractivity contribution in [2.45, 2.75) is 19.1 Å². The molecule has 74 valence electrons. The van der Waals surface area contributed by atoms with Gasteiger partial charge in [0, 0.05) is 0 Å². The third kappa shape index (κ3) is 1.99. The summed E-state index contributed by atoms with van der Waals surface area (Å²) in [7, 11) is -3.40. The van der Waals surface area contributed by atoms with Crippen LogP contribution in [0.5, 0.6) is 0 Å². The molecule has 0 aromatic carbocycles. The summed E-state index contributed by atoms with van der Waals surface area (Å²) in [5.74, 6) is -0.0730. The first-order valence-corrected chi connectivity index (χ1v) is 5.61. The third-order valence-electron chi connectivity index (χ3n) is 1.92. The minimum absolute atomic E-state index is 0.0730. The molecule has 0 unspecified atom stereocenters. The number of aliphatic hydroxyl groups is 2. The Labute approximate surface area is 77.1 Å². The summed E-state index contributed by atoms with van der Waals surface area (Å²) < 4.78 is 22.7. The molecule has 0 aromatic rings. The van der Waals surface area contributed by atoms with E-state index in [0.717, 1.165) is 0 Å². The molecule has 0 amide bonds. The Morgan fingerprint density at radius 2 is 2.08 bits per heavy atom. The van der Waals surface area contributed by atoms with Crippen LogP contribution in [0.25, 0.3) is 0 Å². The number of rotatable bonds is 2. The summed E-state index contributed by atoms with van der Waals surface area (Å²) in [4.78, 5) is -0.106. The van der Waals surface area contributed by atoms with Gasteiger partial charge in [-0.2, -0.15) is 0 Å². The summed E-state index contributed by atoms with van der Waals surface area (Å²) in [6.07, 6.45) is 1.64. The van der Waals surface area contributed by atoms with E-state index in [0.29, 0.717) is 0 Å². The van der Waals surface area contributed by atoms with Gasteiger partial charge in [-0.05, 0) is 6.08 Å². The van der Waals surface area contributed by atoms with Gasteiger partial charge in [-0.3, -0.25) is 0 Å². The SMILES string of the molecule is CCS(=O)(=O)C1=CC=C[C@H](O)[C@@H]1O. The lowest BCUT2D eigenvalue weighted by molar-refractivity contribution is 0.0761. The molecule has 1 aliphatic carbocycles. The lowest BCUT2D eigenvalue weighted by atomic mass is 10.1. The van der Waals surface area contributed by atoms with E-state index in [1.54, 1.807) is 0 Å². The number of hydrogen-bond donors (Lipinski definition) is 2. The van der Waals surface area contributed by atoms with E-state index in [1.165, 1.54) is 25.2 Å². The summed E-state index contributed by atoms with van der Waals surface area (Å²) in [6, 6.07) is 0. The van der Waals surface area contributed by atoms with Crippen molar-refractivity contribution < 1.29 is 18.6 Å². The minimum Gasteiger partial charge on any atom is -0.386 e. The predicted molar refractivity (Wildman–Crippen MR) is 48.7 cm³/mol. The van der Waals surface area contributed by atoms with Crippen molar-refractivity contribution in [2.75, 3.05) is 5.75 Å². The Morgan fingerprint density at radius 3 is 2.62 bits per heavy atom. The molecule has 0 bridgehead atoms. The van der Waals surface area contributed by atoms with Crippen LogP contribution in [0, 0.1) is 0 Å². The monoisotopic (exact) mass is 204 g/mol. The standard InChI is InChI=1S/C8H12O4S/c1-2-13(11,12)7-5-3-4-6(9)8(7)10/h3-6,8-10H,2H2,1H3/t6-,8-/m0/s1. The summed E-state index contributed by atoms with van der Waals surface area (Å²) in [5, 5.41) is 18.5. The van der Waals surface area contributed by atoms with Crippen molar-refractivity contribution >= 4 is 9.84 Å². The maximum Gasteiger partial charge on any atom is 0.176 e. The van der Waals surface area contributed by atoms with Crippen molar-refractivity contribution in [1.29, 1.82) is 0 Å². The second-order valence-corrected chi connectivity index (χ2v) is 5.07. The Hall–Kier alpha value is -0.650. The number of allylic oxidation sites excluding steroid dienone is 2. The van der Waals surface area contributed by atoms with E-state index < -0.39 is 22.0 Å². The van der Waals surface area contributed by atoms with Gasteiger partial charge in [0.05, 0.1) is 10.7 Å². The fourth-order valence-electron chi connectivity index (χ4n) is 1.09. The van der Waals surface area contributed by atoms with Gasteiger partial charge in [0.1, 0.15) is 12.2 Å². The first-order chi connectivity index (χ1) is 5.99. The summed E-state index contributed by atoms with van der Waals surface area (Å²) in [6.45, 7) is 1.49. The van der Waals surface area contributed by atoms with Gasteiger partial charge < -0.3 is 10.2 Å². The number of aliphatic hydroxyl groups excluding tert-OH is 2. The number of sulfone groups is 1. The van der Waals surface area contributed by atoms with Gasteiger partial charge in [0.15, 0.2) is 9.84 Å².